The first-order chi connectivity index (χ1) is 9.61. The van der Waals surface area contributed by atoms with Crippen LogP contribution < -0.4 is 11.1 Å². The lowest BCUT2D eigenvalue weighted by Gasteiger charge is -2.08. The monoisotopic (exact) mass is 271 g/mol. The van der Waals surface area contributed by atoms with Gasteiger partial charge in [-0.1, -0.05) is 18.2 Å². The van der Waals surface area contributed by atoms with Crippen LogP contribution in [0.15, 0.2) is 24.3 Å². The maximum absolute atomic E-state index is 12.2. The fraction of sp³-hybridized carbons (Fsp3) is 0.286. The Morgan fingerprint density at radius 1 is 1.20 bits per heavy atom. The lowest BCUT2D eigenvalue weighted by molar-refractivity contribution is 0.102. The van der Waals surface area contributed by atoms with Crippen LogP contribution in [0.4, 0.5) is 5.95 Å². The summed E-state index contributed by atoms with van der Waals surface area (Å²) in [5.41, 5.74) is 8.53. The molecule has 2 rings (SSSR count). The highest BCUT2D eigenvalue weighted by atomic mass is 16.1. The molecule has 0 spiro atoms. The van der Waals surface area contributed by atoms with E-state index in [0.717, 1.165) is 17.0 Å². The first-order valence-corrected chi connectivity index (χ1v) is 6.39. The minimum atomic E-state index is -0.251. The van der Waals surface area contributed by atoms with Crippen molar-refractivity contribution in [1.29, 1.82) is 0 Å². The normalized spacial score (nSPS) is 10.3. The molecule has 0 saturated carbocycles. The zero-order chi connectivity index (χ0) is 14.5. The van der Waals surface area contributed by atoms with Gasteiger partial charge >= 0.3 is 0 Å². The molecule has 0 saturated heterocycles. The highest BCUT2D eigenvalue weighted by molar-refractivity contribution is 6.04. The number of anilines is 1. The van der Waals surface area contributed by atoms with Gasteiger partial charge in [-0.2, -0.15) is 5.10 Å². The van der Waals surface area contributed by atoms with Crippen molar-refractivity contribution in [3.63, 3.8) is 0 Å². The van der Waals surface area contributed by atoms with Crippen molar-refractivity contribution >= 4 is 11.9 Å². The van der Waals surface area contributed by atoms with Gasteiger partial charge in [0, 0.05) is 5.56 Å². The van der Waals surface area contributed by atoms with E-state index >= 15 is 0 Å². The Morgan fingerprint density at radius 3 is 2.65 bits per heavy atom. The van der Waals surface area contributed by atoms with Gasteiger partial charge in [-0.05, 0) is 38.4 Å². The second-order valence-corrected chi connectivity index (χ2v) is 4.46. The van der Waals surface area contributed by atoms with Gasteiger partial charge in [-0.15, -0.1) is 5.10 Å². The number of aromatic nitrogens is 3. The van der Waals surface area contributed by atoms with E-state index in [1.165, 1.54) is 0 Å². The van der Waals surface area contributed by atoms with E-state index in [4.69, 9.17) is 5.73 Å². The van der Waals surface area contributed by atoms with Crippen molar-refractivity contribution in [3.8, 4) is 0 Å². The largest absolute Gasteiger partial charge is 0.330 e. The van der Waals surface area contributed by atoms with Gasteiger partial charge in [0.05, 0.1) is 11.4 Å². The van der Waals surface area contributed by atoms with Crippen LogP contribution >= 0.6 is 0 Å². The second kappa shape index (κ2) is 6.21. The fourth-order valence-electron chi connectivity index (χ4n) is 1.79. The molecule has 0 fully saturated rings. The van der Waals surface area contributed by atoms with Crippen LogP contribution in [-0.2, 0) is 6.42 Å². The molecule has 0 aliphatic rings. The Labute approximate surface area is 117 Å². The molecule has 1 aromatic carbocycles. The summed E-state index contributed by atoms with van der Waals surface area (Å²) in [4.78, 5) is 16.4. The van der Waals surface area contributed by atoms with Gasteiger partial charge < -0.3 is 5.73 Å². The minimum Gasteiger partial charge on any atom is -0.330 e. The Hall–Kier alpha value is -2.34. The van der Waals surface area contributed by atoms with E-state index in [1.54, 1.807) is 6.07 Å². The van der Waals surface area contributed by atoms with Gasteiger partial charge in [0.1, 0.15) is 0 Å². The van der Waals surface area contributed by atoms with Crippen LogP contribution in [-0.4, -0.2) is 27.6 Å². The summed E-state index contributed by atoms with van der Waals surface area (Å²) in [6.45, 7) is 4.13. The summed E-state index contributed by atoms with van der Waals surface area (Å²) in [6.07, 6.45) is 0.648. The molecule has 0 aliphatic heterocycles. The maximum atomic E-state index is 12.2. The highest BCUT2D eigenvalue weighted by Crippen LogP contribution is 2.11. The molecule has 0 radical (unpaired) electrons. The molecular formula is C14H17N5O. The van der Waals surface area contributed by atoms with Gasteiger partial charge in [0.2, 0.25) is 5.95 Å². The van der Waals surface area contributed by atoms with Gasteiger partial charge in [0.25, 0.3) is 5.91 Å². The number of nitrogens with one attached hydrogen (secondary N) is 1. The smallest absolute Gasteiger partial charge is 0.258 e. The molecular weight excluding hydrogens is 254 g/mol. The van der Waals surface area contributed by atoms with Crippen molar-refractivity contribution in [2.45, 2.75) is 20.3 Å². The number of amides is 1. The van der Waals surface area contributed by atoms with Gasteiger partial charge in [-0.25, -0.2) is 4.98 Å². The number of carbonyl (C=O) groups is 1. The number of rotatable bonds is 4. The number of carbonyl (C=O) groups excluding carboxylic acids is 1. The van der Waals surface area contributed by atoms with Crippen LogP contribution in [0.3, 0.4) is 0 Å². The van der Waals surface area contributed by atoms with Crippen molar-refractivity contribution in [2.24, 2.45) is 5.73 Å². The molecule has 3 N–H and O–H groups in total. The van der Waals surface area contributed by atoms with E-state index in [2.05, 4.69) is 20.5 Å². The molecule has 6 heteroatoms. The first kappa shape index (κ1) is 14.1. The predicted octanol–water partition coefficient (Wildman–Crippen LogP) is 1.24. The maximum Gasteiger partial charge on any atom is 0.258 e. The van der Waals surface area contributed by atoms with Crippen molar-refractivity contribution in [3.05, 3.63) is 46.8 Å². The molecule has 0 bridgehead atoms. The molecule has 2 aromatic rings. The lowest BCUT2D eigenvalue weighted by Crippen LogP contribution is -2.18. The van der Waals surface area contributed by atoms with Crippen LogP contribution in [0, 0.1) is 13.8 Å². The SMILES string of the molecule is Cc1nnc(NC(=O)c2ccccc2CCN)nc1C. The molecule has 0 aliphatic carbocycles. The third-order valence-corrected chi connectivity index (χ3v) is 2.99. The van der Waals surface area contributed by atoms with Crippen molar-refractivity contribution < 1.29 is 4.79 Å². The zero-order valence-electron chi connectivity index (χ0n) is 11.6. The lowest BCUT2D eigenvalue weighted by atomic mass is 10.0. The molecule has 1 amide bonds. The molecule has 6 nitrogen and oxygen atoms in total. The van der Waals surface area contributed by atoms with Gasteiger partial charge in [-0.3, -0.25) is 10.1 Å². The Kier molecular flexibility index (Phi) is 4.37. The topological polar surface area (TPSA) is 93.8 Å². The molecule has 104 valence electrons. The number of benzene rings is 1. The number of hydrogen-bond acceptors (Lipinski definition) is 5. The number of aryl methyl sites for hydroxylation is 2. The van der Waals surface area contributed by atoms with Crippen LogP contribution in [0.1, 0.15) is 27.3 Å². The van der Waals surface area contributed by atoms with E-state index < -0.39 is 0 Å². The van der Waals surface area contributed by atoms with Gasteiger partial charge in [0.15, 0.2) is 0 Å². The molecule has 1 aromatic heterocycles. The zero-order valence-corrected chi connectivity index (χ0v) is 11.6. The van der Waals surface area contributed by atoms with E-state index in [-0.39, 0.29) is 11.9 Å². The van der Waals surface area contributed by atoms with E-state index in [0.29, 0.717) is 18.5 Å². The second-order valence-electron chi connectivity index (χ2n) is 4.46. The molecule has 0 unspecified atom stereocenters. The third-order valence-electron chi connectivity index (χ3n) is 2.99. The third kappa shape index (κ3) is 3.16. The predicted molar refractivity (Wildman–Crippen MR) is 76.5 cm³/mol. The minimum absolute atomic E-state index is 0.209. The van der Waals surface area contributed by atoms with E-state index in [1.807, 2.05) is 32.0 Å². The highest BCUT2D eigenvalue weighted by Gasteiger charge is 2.12. The molecule has 20 heavy (non-hydrogen) atoms. The quantitative estimate of drug-likeness (QED) is 0.872. The Bertz CT molecular complexity index is 627. The standard InChI is InChI=1S/C14H17N5O/c1-9-10(2)18-19-14(16-9)17-13(20)12-6-4-3-5-11(12)7-8-15/h3-6H,7-8,15H2,1-2H3,(H,16,17,19,20). The van der Waals surface area contributed by atoms with Crippen molar-refractivity contribution in [2.75, 3.05) is 11.9 Å². The summed E-state index contributed by atoms with van der Waals surface area (Å²) in [5, 5.41) is 10.5. The summed E-state index contributed by atoms with van der Waals surface area (Å²) >= 11 is 0. The fourth-order valence-corrected chi connectivity index (χ4v) is 1.79. The summed E-state index contributed by atoms with van der Waals surface area (Å²) in [5.74, 6) is -0.0419. The summed E-state index contributed by atoms with van der Waals surface area (Å²) in [7, 11) is 0. The summed E-state index contributed by atoms with van der Waals surface area (Å²) in [6, 6.07) is 7.35. The van der Waals surface area contributed by atoms with E-state index in [9.17, 15) is 4.79 Å². The first-order valence-electron chi connectivity index (χ1n) is 6.39. The number of hydrogen-bond donors (Lipinski definition) is 2. The van der Waals surface area contributed by atoms with Crippen LogP contribution in [0.2, 0.25) is 0 Å². The number of nitrogens with zero attached hydrogens (tertiary/aromatic N) is 3. The average Bonchev–Trinajstić information content (AvgIpc) is 2.44. The van der Waals surface area contributed by atoms with Crippen LogP contribution in [0.5, 0.6) is 0 Å². The average molecular weight is 271 g/mol. The summed E-state index contributed by atoms with van der Waals surface area (Å²) < 4.78 is 0. The Morgan fingerprint density at radius 2 is 1.95 bits per heavy atom. The Balaban J connectivity index is 2.21. The molecule has 1 heterocycles. The molecule has 0 atom stereocenters. The van der Waals surface area contributed by atoms with Crippen LogP contribution in [0.25, 0.3) is 0 Å². The number of nitrogens with two attached hydrogens (primary N) is 1. The van der Waals surface area contributed by atoms with Crippen molar-refractivity contribution in [1.82, 2.24) is 15.2 Å².